The minimum Gasteiger partial charge on any atom is -0.267 e. The predicted molar refractivity (Wildman–Crippen MR) is 64.3 cm³/mol. The van der Waals surface area contributed by atoms with Crippen molar-refractivity contribution in [2.75, 3.05) is 0 Å². The van der Waals surface area contributed by atoms with Gasteiger partial charge in [-0.2, -0.15) is 5.10 Å². The lowest BCUT2D eigenvalue weighted by Gasteiger charge is -1.98. The summed E-state index contributed by atoms with van der Waals surface area (Å²) < 4.78 is 0. The third kappa shape index (κ3) is 4.68. The molecule has 1 N–H and O–H groups in total. The molecule has 0 aromatic carbocycles. The first-order valence-corrected chi connectivity index (χ1v) is 5.56. The Kier molecular flexibility index (Phi) is 5.84. The summed E-state index contributed by atoms with van der Waals surface area (Å²) in [5.74, 6) is -0.200. The number of pyridine rings is 1. The Morgan fingerprint density at radius 2 is 2.19 bits per heavy atom. The fraction of sp³-hybridized carbons (Fsp3) is 0.417. The van der Waals surface area contributed by atoms with Crippen LogP contribution in [-0.2, 0) is 0 Å². The molecular weight excluding hydrogens is 202 g/mol. The summed E-state index contributed by atoms with van der Waals surface area (Å²) in [5.41, 5.74) is 3.05. The average Bonchev–Trinajstić information content (AvgIpc) is 2.34. The van der Waals surface area contributed by atoms with Crippen molar-refractivity contribution in [2.45, 2.75) is 32.6 Å². The molecule has 86 valence electrons. The van der Waals surface area contributed by atoms with Gasteiger partial charge in [0.2, 0.25) is 0 Å². The molecule has 0 saturated carbocycles. The van der Waals surface area contributed by atoms with Crippen LogP contribution in [0.5, 0.6) is 0 Å². The predicted octanol–water partition coefficient (Wildman–Crippen LogP) is 2.38. The molecule has 0 aliphatic rings. The van der Waals surface area contributed by atoms with Crippen molar-refractivity contribution >= 4 is 12.1 Å². The highest BCUT2D eigenvalue weighted by Crippen LogP contribution is 1.97. The van der Waals surface area contributed by atoms with E-state index in [2.05, 4.69) is 22.4 Å². The van der Waals surface area contributed by atoms with E-state index in [1.807, 2.05) is 0 Å². The van der Waals surface area contributed by atoms with Crippen molar-refractivity contribution in [3.8, 4) is 0 Å². The van der Waals surface area contributed by atoms with Crippen LogP contribution in [0.15, 0.2) is 29.6 Å². The molecule has 0 spiro atoms. The van der Waals surface area contributed by atoms with Gasteiger partial charge < -0.3 is 0 Å². The molecular formula is C12H17N3O. The van der Waals surface area contributed by atoms with Crippen LogP contribution in [0.2, 0.25) is 0 Å². The van der Waals surface area contributed by atoms with Gasteiger partial charge >= 0.3 is 0 Å². The van der Waals surface area contributed by atoms with E-state index >= 15 is 0 Å². The van der Waals surface area contributed by atoms with Gasteiger partial charge in [0.25, 0.3) is 5.91 Å². The lowest BCUT2D eigenvalue weighted by atomic mass is 10.2. The van der Waals surface area contributed by atoms with E-state index in [-0.39, 0.29) is 5.91 Å². The molecule has 1 amide bonds. The number of nitrogens with zero attached hydrogens (tertiary/aromatic N) is 2. The Labute approximate surface area is 95.8 Å². The third-order valence-corrected chi connectivity index (χ3v) is 2.14. The van der Waals surface area contributed by atoms with Gasteiger partial charge in [-0.15, -0.1) is 0 Å². The van der Waals surface area contributed by atoms with E-state index in [1.165, 1.54) is 12.8 Å². The second-order valence-electron chi connectivity index (χ2n) is 3.48. The van der Waals surface area contributed by atoms with Crippen LogP contribution in [-0.4, -0.2) is 17.1 Å². The molecule has 0 unspecified atom stereocenters. The summed E-state index contributed by atoms with van der Waals surface area (Å²) in [7, 11) is 0. The van der Waals surface area contributed by atoms with Crippen LogP contribution < -0.4 is 5.43 Å². The second kappa shape index (κ2) is 7.56. The number of hydrogen-bond donors (Lipinski definition) is 1. The number of hydrogen-bond acceptors (Lipinski definition) is 3. The lowest BCUT2D eigenvalue weighted by Crippen LogP contribution is -2.17. The number of carbonyl (C=O) groups is 1. The smallest absolute Gasteiger partial charge is 0.267 e. The van der Waals surface area contributed by atoms with Crippen molar-refractivity contribution in [2.24, 2.45) is 5.10 Å². The van der Waals surface area contributed by atoms with Crippen LogP contribution in [0.1, 0.15) is 43.0 Å². The monoisotopic (exact) mass is 219 g/mol. The van der Waals surface area contributed by atoms with Crippen LogP contribution in [0, 0.1) is 0 Å². The topological polar surface area (TPSA) is 54.4 Å². The quantitative estimate of drug-likeness (QED) is 0.453. The van der Waals surface area contributed by atoms with Gasteiger partial charge in [-0.3, -0.25) is 9.78 Å². The van der Waals surface area contributed by atoms with Crippen molar-refractivity contribution in [1.29, 1.82) is 0 Å². The fourth-order valence-electron chi connectivity index (χ4n) is 1.22. The molecule has 4 nitrogen and oxygen atoms in total. The minimum absolute atomic E-state index is 0.200. The van der Waals surface area contributed by atoms with Gasteiger partial charge in [-0.25, -0.2) is 5.43 Å². The molecule has 16 heavy (non-hydrogen) atoms. The zero-order valence-corrected chi connectivity index (χ0v) is 9.52. The Morgan fingerprint density at radius 3 is 2.88 bits per heavy atom. The van der Waals surface area contributed by atoms with Gasteiger partial charge in [0.05, 0.1) is 0 Å². The molecule has 1 rings (SSSR count). The molecule has 0 saturated heterocycles. The van der Waals surface area contributed by atoms with Crippen molar-refractivity contribution in [1.82, 2.24) is 10.4 Å². The SMILES string of the molecule is CCCCC/C=N/NC(=O)c1ccncc1. The van der Waals surface area contributed by atoms with E-state index < -0.39 is 0 Å². The fourth-order valence-corrected chi connectivity index (χ4v) is 1.22. The van der Waals surface area contributed by atoms with Crippen LogP contribution in [0.25, 0.3) is 0 Å². The molecule has 4 heteroatoms. The lowest BCUT2D eigenvalue weighted by molar-refractivity contribution is 0.0955. The molecule has 1 aromatic heterocycles. The largest absolute Gasteiger partial charge is 0.271 e. The van der Waals surface area contributed by atoms with Crippen molar-refractivity contribution in [3.63, 3.8) is 0 Å². The summed E-state index contributed by atoms with van der Waals surface area (Å²) in [6.45, 7) is 2.16. The standard InChI is InChI=1S/C12H17N3O/c1-2-3-4-5-8-14-15-12(16)11-6-9-13-10-7-11/h6-10H,2-5H2,1H3,(H,15,16)/b14-8+. The normalized spacial score (nSPS) is 10.6. The Bertz CT molecular complexity index is 335. The molecule has 0 radical (unpaired) electrons. The van der Waals surface area contributed by atoms with Gasteiger partial charge in [0, 0.05) is 24.2 Å². The number of unbranched alkanes of at least 4 members (excludes halogenated alkanes) is 3. The molecule has 0 bridgehead atoms. The molecule has 0 atom stereocenters. The molecule has 1 heterocycles. The summed E-state index contributed by atoms with van der Waals surface area (Å²) in [6, 6.07) is 3.31. The van der Waals surface area contributed by atoms with Crippen molar-refractivity contribution < 1.29 is 4.79 Å². The zero-order chi connectivity index (χ0) is 11.6. The summed E-state index contributed by atoms with van der Waals surface area (Å²) >= 11 is 0. The van der Waals surface area contributed by atoms with Gasteiger partial charge in [0.1, 0.15) is 0 Å². The van der Waals surface area contributed by atoms with Crippen LogP contribution in [0.3, 0.4) is 0 Å². The Morgan fingerprint density at radius 1 is 1.44 bits per heavy atom. The van der Waals surface area contributed by atoms with Gasteiger partial charge in [-0.1, -0.05) is 19.8 Å². The first-order chi connectivity index (χ1) is 7.84. The number of carbonyl (C=O) groups excluding carboxylic acids is 1. The molecule has 0 aliphatic carbocycles. The maximum Gasteiger partial charge on any atom is 0.271 e. The number of hydrazone groups is 1. The Hall–Kier alpha value is -1.71. The maximum absolute atomic E-state index is 11.5. The van der Waals surface area contributed by atoms with Gasteiger partial charge in [-0.05, 0) is 25.0 Å². The molecule has 0 fully saturated rings. The first-order valence-electron chi connectivity index (χ1n) is 5.56. The zero-order valence-electron chi connectivity index (χ0n) is 9.52. The van der Waals surface area contributed by atoms with Crippen molar-refractivity contribution in [3.05, 3.63) is 30.1 Å². The number of rotatable bonds is 6. The average molecular weight is 219 g/mol. The van der Waals surface area contributed by atoms with E-state index in [1.54, 1.807) is 30.7 Å². The first kappa shape index (κ1) is 12.4. The maximum atomic E-state index is 11.5. The summed E-state index contributed by atoms with van der Waals surface area (Å²) in [4.78, 5) is 15.3. The van der Waals surface area contributed by atoms with E-state index in [0.29, 0.717) is 5.56 Å². The number of aromatic nitrogens is 1. The molecule has 1 aromatic rings. The highest BCUT2D eigenvalue weighted by Gasteiger charge is 2.01. The summed E-state index contributed by atoms with van der Waals surface area (Å²) in [5, 5.41) is 3.87. The summed E-state index contributed by atoms with van der Waals surface area (Å²) in [6.07, 6.45) is 9.33. The van der Waals surface area contributed by atoms with Gasteiger partial charge in [0.15, 0.2) is 0 Å². The Balaban J connectivity index is 2.25. The molecule has 0 aliphatic heterocycles. The minimum atomic E-state index is -0.200. The highest BCUT2D eigenvalue weighted by molar-refractivity contribution is 5.94. The third-order valence-electron chi connectivity index (χ3n) is 2.14. The van der Waals surface area contributed by atoms with E-state index in [0.717, 1.165) is 12.8 Å². The van der Waals surface area contributed by atoms with Crippen LogP contribution in [0.4, 0.5) is 0 Å². The second-order valence-corrected chi connectivity index (χ2v) is 3.48. The van der Waals surface area contributed by atoms with Crippen LogP contribution >= 0.6 is 0 Å². The number of amides is 1. The number of nitrogens with one attached hydrogen (secondary N) is 1. The van der Waals surface area contributed by atoms with E-state index in [4.69, 9.17) is 0 Å². The highest BCUT2D eigenvalue weighted by atomic mass is 16.2. The van der Waals surface area contributed by atoms with E-state index in [9.17, 15) is 4.79 Å².